The van der Waals surface area contributed by atoms with Crippen molar-refractivity contribution in [3.63, 3.8) is 0 Å². The fraction of sp³-hybridized carbons (Fsp3) is 0.739. The van der Waals surface area contributed by atoms with E-state index in [0.717, 1.165) is 38.9 Å². The Bertz CT molecular complexity index is 409. The van der Waals surface area contributed by atoms with Crippen LogP contribution in [0.5, 0.6) is 0 Å². The lowest BCUT2D eigenvalue weighted by Gasteiger charge is -2.27. The lowest BCUT2D eigenvalue weighted by atomic mass is 10.1. The molecule has 0 fully saturated rings. The monoisotopic (exact) mass is 350 g/mol. The van der Waals surface area contributed by atoms with Crippen LogP contribution in [-0.2, 0) is 9.47 Å². The second-order valence-electron chi connectivity index (χ2n) is 8.27. The minimum atomic E-state index is -0.638. The first-order valence-corrected chi connectivity index (χ1v) is 9.91. The van der Waals surface area contributed by atoms with Crippen molar-refractivity contribution < 1.29 is 9.47 Å². The van der Waals surface area contributed by atoms with Crippen LogP contribution in [-0.4, -0.2) is 19.0 Å². The summed E-state index contributed by atoms with van der Waals surface area (Å²) in [4.78, 5) is 0. The summed E-state index contributed by atoms with van der Waals surface area (Å²) >= 11 is 0. The van der Waals surface area contributed by atoms with Crippen molar-refractivity contribution in [2.75, 3.05) is 13.2 Å². The topological polar surface area (TPSA) is 18.5 Å². The van der Waals surface area contributed by atoms with E-state index in [4.69, 9.17) is 9.47 Å². The molecule has 25 heavy (non-hydrogen) atoms. The molecule has 2 heteroatoms. The van der Waals surface area contributed by atoms with Gasteiger partial charge in [-0.2, -0.15) is 0 Å². The van der Waals surface area contributed by atoms with Gasteiger partial charge >= 0.3 is 0 Å². The van der Waals surface area contributed by atoms with Crippen LogP contribution < -0.4 is 0 Å². The van der Waals surface area contributed by atoms with Crippen molar-refractivity contribution in [1.82, 2.24) is 0 Å². The van der Waals surface area contributed by atoms with Crippen LogP contribution in [0.1, 0.15) is 81.1 Å². The Balaban J connectivity index is 4.68. The molecule has 0 amide bonds. The van der Waals surface area contributed by atoms with Gasteiger partial charge in [0.25, 0.3) is 0 Å². The van der Waals surface area contributed by atoms with Crippen LogP contribution in [0, 0.1) is 11.8 Å². The van der Waals surface area contributed by atoms with Crippen molar-refractivity contribution in [2.24, 2.45) is 11.8 Å². The van der Waals surface area contributed by atoms with Gasteiger partial charge in [-0.25, -0.2) is 0 Å². The predicted octanol–water partition coefficient (Wildman–Crippen LogP) is 7.08. The first kappa shape index (κ1) is 24.1. The van der Waals surface area contributed by atoms with Gasteiger partial charge in [-0.1, -0.05) is 57.1 Å². The van der Waals surface area contributed by atoms with Gasteiger partial charge in [-0.15, -0.1) is 0 Å². The highest BCUT2D eigenvalue weighted by Gasteiger charge is 2.22. The maximum absolute atomic E-state index is 6.07. The molecular weight excluding hydrogens is 308 g/mol. The zero-order chi connectivity index (χ0) is 19.3. The maximum Gasteiger partial charge on any atom is 0.185 e. The van der Waals surface area contributed by atoms with E-state index in [1.54, 1.807) is 0 Å². The van der Waals surface area contributed by atoms with E-state index in [-0.39, 0.29) is 0 Å². The van der Waals surface area contributed by atoms with Gasteiger partial charge in [0.05, 0.1) is 13.2 Å². The Labute approximate surface area is 157 Å². The summed E-state index contributed by atoms with van der Waals surface area (Å²) in [6, 6.07) is 0. The molecule has 0 atom stereocenters. The van der Waals surface area contributed by atoms with E-state index in [9.17, 15) is 0 Å². The predicted molar refractivity (Wildman–Crippen MR) is 111 cm³/mol. The summed E-state index contributed by atoms with van der Waals surface area (Å²) in [5.41, 5.74) is 2.76. The van der Waals surface area contributed by atoms with E-state index in [1.807, 2.05) is 6.92 Å². The lowest BCUT2D eigenvalue weighted by molar-refractivity contribution is -0.194. The van der Waals surface area contributed by atoms with Gasteiger partial charge in [0.1, 0.15) is 0 Å². The van der Waals surface area contributed by atoms with Crippen molar-refractivity contribution in [1.29, 1.82) is 0 Å². The molecule has 0 saturated heterocycles. The number of rotatable bonds is 13. The molecule has 2 nitrogen and oxygen atoms in total. The molecule has 0 rings (SSSR count). The maximum atomic E-state index is 6.07. The highest BCUT2D eigenvalue weighted by molar-refractivity contribution is 5.13. The summed E-state index contributed by atoms with van der Waals surface area (Å²) in [7, 11) is 0. The van der Waals surface area contributed by atoms with Gasteiger partial charge in [0.2, 0.25) is 0 Å². The molecule has 0 bridgehead atoms. The second-order valence-corrected chi connectivity index (χ2v) is 8.27. The molecule has 0 aromatic rings. The number of ether oxygens (including phenoxy) is 2. The smallest absolute Gasteiger partial charge is 0.185 e. The minimum Gasteiger partial charge on any atom is -0.347 e. The third-order valence-electron chi connectivity index (χ3n) is 4.04. The zero-order valence-electron chi connectivity index (χ0n) is 18.0. The summed E-state index contributed by atoms with van der Waals surface area (Å²) in [5.74, 6) is 0.641. The molecule has 0 heterocycles. The molecule has 0 N–H and O–H groups in total. The molecule has 0 aromatic heterocycles. The van der Waals surface area contributed by atoms with E-state index in [1.165, 1.54) is 11.1 Å². The molecule has 0 aliphatic heterocycles. The lowest BCUT2D eigenvalue weighted by Crippen LogP contribution is -2.31. The van der Waals surface area contributed by atoms with Crippen molar-refractivity contribution in [3.05, 3.63) is 35.5 Å². The van der Waals surface area contributed by atoms with E-state index in [2.05, 4.69) is 72.8 Å². The molecule has 0 saturated carbocycles. The van der Waals surface area contributed by atoms with Crippen molar-refractivity contribution >= 4 is 0 Å². The zero-order valence-corrected chi connectivity index (χ0v) is 18.0. The molecule has 0 radical (unpaired) electrons. The van der Waals surface area contributed by atoms with Gasteiger partial charge in [0, 0.05) is 0 Å². The van der Waals surface area contributed by atoms with Gasteiger partial charge in [-0.05, 0) is 71.3 Å². The molecule has 146 valence electrons. The highest BCUT2D eigenvalue weighted by atomic mass is 16.7. The van der Waals surface area contributed by atoms with Crippen molar-refractivity contribution in [3.8, 4) is 0 Å². The third-order valence-corrected chi connectivity index (χ3v) is 4.04. The third kappa shape index (κ3) is 15.1. The van der Waals surface area contributed by atoms with Crippen LogP contribution in [0.3, 0.4) is 0 Å². The van der Waals surface area contributed by atoms with Crippen molar-refractivity contribution in [2.45, 2.75) is 86.9 Å². The first-order chi connectivity index (χ1) is 11.6. The SMILES string of the molecule is CC(C)=CCC/C(C)=C/C=C/C(C)(OCCC(C)C)OCCC(C)C. The second kappa shape index (κ2) is 13.4. The van der Waals surface area contributed by atoms with E-state index < -0.39 is 5.79 Å². The van der Waals surface area contributed by atoms with Crippen LogP contribution >= 0.6 is 0 Å². The summed E-state index contributed by atoms with van der Waals surface area (Å²) in [5, 5.41) is 0. The Hall–Kier alpha value is -0.860. The molecule has 0 aliphatic rings. The van der Waals surface area contributed by atoms with Crippen LogP contribution in [0.2, 0.25) is 0 Å². The minimum absolute atomic E-state index is 0.638. The summed E-state index contributed by atoms with van der Waals surface area (Å²) < 4.78 is 12.1. The van der Waals surface area contributed by atoms with Gasteiger partial charge < -0.3 is 9.47 Å². The van der Waals surface area contributed by atoms with E-state index >= 15 is 0 Å². The van der Waals surface area contributed by atoms with Gasteiger partial charge in [0.15, 0.2) is 5.79 Å². The average molecular weight is 351 g/mol. The Morgan fingerprint density at radius 3 is 1.88 bits per heavy atom. The standard InChI is InChI=1S/C23H42O2/c1-19(2)11-9-12-22(7)13-10-16-23(8,24-17-14-20(3)4)25-18-15-21(5)6/h10-11,13,16,20-21H,9,12,14-15,17-18H2,1-8H3/b16-10+,22-13+. The van der Waals surface area contributed by atoms with Crippen LogP contribution in [0.15, 0.2) is 35.5 Å². The fourth-order valence-electron chi connectivity index (χ4n) is 2.19. The summed E-state index contributed by atoms with van der Waals surface area (Å²) in [6.07, 6.45) is 12.9. The van der Waals surface area contributed by atoms with Gasteiger partial charge in [-0.3, -0.25) is 0 Å². The van der Waals surface area contributed by atoms with Crippen LogP contribution in [0.4, 0.5) is 0 Å². The Kier molecular flexibility index (Phi) is 12.9. The Morgan fingerprint density at radius 2 is 1.44 bits per heavy atom. The number of hydrogen-bond donors (Lipinski definition) is 0. The molecule has 0 spiro atoms. The normalized spacial score (nSPS) is 13.3. The molecule has 0 unspecified atom stereocenters. The molecule has 0 aromatic carbocycles. The number of allylic oxidation sites excluding steroid dienone is 5. The number of hydrogen-bond acceptors (Lipinski definition) is 2. The van der Waals surface area contributed by atoms with Crippen LogP contribution in [0.25, 0.3) is 0 Å². The quantitative estimate of drug-likeness (QED) is 0.201. The average Bonchev–Trinajstić information content (AvgIpc) is 2.46. The largest absolute Gasteiger partial charge is 0.347 e. The molecule has 0 aliphatic carbocycles. The Morgan fingerprint density at radius 1 is 0.920 bits per heavy atom. The van der Waals surface area contributed by atoms with E-state index in [0.29, 0.717) is 11.8 Å². The molecular formula is C23H42O2. The highest BCUT2D eigenvalue weighted by Crippen LogP contribution is 2.18. The summed E-state index contributed by atoms with van der Waals surface area (Å²) in [6.45, 7) is 18.8. The first-order valence-electron chi connectivity index (χ1n) is 9.91. The fourth-order valence-corrected chi connectivity index (χ4v) is 2.19.